The molecule has 2 atom stereocenters. The topological polar surface area (TPSA) is 53.5 Å². The maximum absolute atomic E-state index is 6.32. The molecule has 1 aliphatic heterocycles. The van der Waals surface area contributed by atoms with E-state index in [2.05, 4.69) is 66.2 Å². The Morgan fingerprint density at radius 1 is 1.03 bits per heavy atom. The lowest BCUT2D eigenvalue weighted by Crippen LogP contribution is -2.57. The molecule has 6 nitrogen and oxygen atoms in total. The molecule has 7 heteroatoms. The van der Waals surface area contributed by atoms with Gasteiger partial charge in [-0.25, -0.2) is 9.97 Å². The second-order valence-electron chi connectivity index (χ2n) is 8.60. The van der Waals surface area contributed by atoms with Crippen LogP contribution in [0.1, 0.15) is 33.0 Å². The molecule has 1 fully saturated rings. The maximum atomic E-state index is 6.32. The van der Waals surface area contributed by atoms with Crippen molar-refractivity contribution in [1.29, 1.82) is 0 Å². The van der Waals surface area contributed by atoms with Crippen molar-refractivity contribution >= 4 is 34.6 Å². The number of methoxy groups -OCH3 is 1. The zero-order valence-corrected chi connectivity index (χ0v) is 20.5. The molecule has 0 bridgehead atoms. The van der Waals surface area contributed by atoms with Gasteiger partial charge in [0, 0.05) is 49.0 Å². The van der Waals surface area contributed by atoms with Gasteiger partial charge in [0.1, 0.15) is 23.2 Å². The molecule has 0 saturated carbocycles. The fourth-order valence-electron chi connectivity index (χ4n) is 4.56. The van der Waals surface area contributed by atoms with Crippen LogP contribution >= 0.6 is 11.6 Å². The summed E-state index contributed by atoms with van der Waals surface area (Å²) in [5, 5.41) is 3.96. The minimum absolute atomic E-state index is 0.359. The standard InChI is InChI=1S/C26H32ClN5O/c1-5-9-24-29-25(28-20-12-13-23(33-4)22(27)14-20)15-26(30-24)31-16-18(2)32(19(3)17-31)21-10-7-6-8-11-21/h6-8,10-15,18-19H,5,9,16-17H2,1-4H3,(H,28,29,30). The molecule has 2 heterocycles. The first-order chi connectivity index (χ1) is 16.0. The molecule has 2 aromatic carbocycles. The van der Waals surface area contributed by atoms with Gasteiger partial charge >= 0.3 is 0 Å². The van der Waals surface area contributed by atoms with Crippen LogP contribution in [0.3, 0.4) is 0 Å². The Labute approximate surface area is 201 Å². The van der Waals surface area contributed by atoms with Gasteiger partial charge in [-0.1, -0.05) is 36.7 Å². The number of para-hydroxylation sites is 1. The molecule has 33 heavy (non-hydrogen) atoms. The summed E-state index contributed by atoms with van der Waals surface area (Å²) in [4.78, 5) is 14.5. The van der Waals surface area contributed by atoms with Crippen molar-refractivity contribution in [3.63, 3.8) is 0 Å². The highest BCUT2D eigenvalue weighted by Gasteiger charge is 2.30. The fourth-order valence-corrected chi connectivity index (χ4v) is 4.81. The Morgan fingerprint density at radius 2 is 1.76 bits per heavy atom. The zero-order valence-electron chi connectivity index (χ0n) is 19.8. The van der Waals surface area contributed by atoms with Crippen LogP contribution in [0.25, 0.3) is 0 Å². The van der Waals surface area contributed by atoms with Crippen LogP contribution in [0.5, 0.6) is 5.75 Å². The van der Waals surface area contributed by atoms with E-state index in [9.17, 15) is 0 Å². The van der Waals surface area contributed by atoms with E-state index >= 15 is 0 Å². The number of nitrogens with one attached hydrogen (secondary N) is 1. The third-order valence-corrected chi connectivity index (χ3v) is 6.25. The van der Waals surface area contributed by atoms with Gasteiger partial charge < -0.3 is 19.9 Å². The van der Waals surface area contributed by atoms with Gasteiger partial charge in [0.25, 0.3) is 0 Å². The lowest BCUT2D eigenvalue weighted by atomic mass is 10.1. The molecule has 4 rings (SSSR count). The van der Waals surface area contributed by atoms with Crippen LogP contribution in [0.15, 0.2) is 54.6 Å². The van der Waals surface area contributed by atoms with Crippen LogP contribution in [-0.2, 0) is 6.42 Å². The Kier molecular flexibility index (Phi) is 7.23. The van der Waals surface area contributed by atoms with E-state index in [1.807, 2.05) is 24.3 Å². The molecule has 0 spiro atoms. The van der Waals surface area contributed by atoms with Crippen LogP contribution in [0.4, 0.5) is 23.0 Å². The number of rotatable bonds is 7. The van der Waals surface area contributed by atoms with Crippen LogP contribution < -0.4 is 19.9 Å². The highest BCUT2D eigenvalue weighted by atomic mass is 35.5. The predicted octanol–water partition coefficient (Wildman–Crippen LogP) is 5.94. The van der Waals surface area contributed by atoms with E-state index in [1.54, 1.807) is 7.11 Å². The van der Waals surface area contributed by atoms with E-state index in [1.165, 1.54) is 5.69 Å². The summed E-state index contributed by atoms with van der Waals surface area (Å²) in [6.07, 6.45) is 1.83. The average molecular weight is 466 g/mol. The summed E-state index contributed by atoms with van der Waals surface area (Å²) >= 11 is 6.32. The van der Waals surface area contributed by atoms with Crippen LogP contribution in [-0.4, -0.2) is 42.3 Å². The molecule has 1 aliphatic rings. The molecular weight excluding hydrogens is 434 g/mol. The van der Waals surface area contributed by atoms with E-state index in [0.717, 1.165) is 49.1 Å². The predicted molar refractivity (Wildman–Crippen MR) is 137 cm³/mol. The van der Waals surface area contributed by atoms with Gasteiger partial charge in [0.15, 0.2) is 0 Å². The second-order valence-corrected chi connectivity index (χ2v) is 9.00. The van der Waals surface area contributed by atoms with Gasteiger partial charge in [0.05, 0.1) is 12.1 Å². The Balaban J connectivity index is 1.58. The van der Waals surface area contributed by atoms with E-state index in [-0.39, 0.29) is 0 Å². The third kappa shape index (κ3) is 5.33. The SMILES string of the molecule is CCCc1nc(Nc2ccc(OC)c(Cl)c2)cc(N2CC(C)N(c3ccccc3)C(C)C2)n1. The smallest absolute Gasteiger partial charge is 0.137 e. The molecule has 1 saturated heterocycles. The van der Waals surface area contributed by atoms with Gasteiger partial charge in [-0.15, -0.1) is 0 Å². The van der Waals surface area contributed by atoms with E-state index < -0.39 is 0 Å². The van der Waals surface area contributed by atoms with Crippen LogP contribution in [0.2, 0.25) is 5.02 Å². The Morgan fingerprint density at radius 3 is 2.39 bits per heavy atom. The third-order valence-electron chi connectivity index (χ3n) is 5.95. The Bertz CT molecular complexity index is 1070. The number of benzene rings is 2. The van der Waals surface area contributed by atoms with Gasteiger partial charge in [-0.2, -0.15) is 0 Å². The molecule has 3 aromatic rings. The van der Waals surface area contributed by atoms with Crippen molar-refractivity contribution in [2.75, 3.05) is 35.3 Å². The second kappa shape index (κ2) is 10.3. The summed E-state index contributed by atoms with van der Waals surface area (Å²) in [6.45, 7) is 8.50. The quantitative estimate of drug-likeness (QED) is 0.466. The molecular formula is C26H32ClN5O. The number of aromatic nitrogens is 2. The van der Waals surface area contributed by atoms with Gasteiger partial charge in [0.2, 0.25) is 0 Å². The highest BCUT2D eigenvalue weighted by molar-refractivity contribution is 6.32. The largest absolute Gasteiger partial charge is 0.495 e. The molecule has 1 aromatic heterocycles. The van der Waals surface area contributed by atoms with Crippen molar-refractivity contribution in [2.45, 2.75) is 45.7 Å². The minimum Gasteiger partial charge on any atom is -0.495 e. The van der Waals surface area contributed by atoms with Crippen molar-refractivity contribution in [3.05, 3.63) is 65.4 Å². The molecule has 0 aliphatic carbocycles. The van der Waals surface area contributed by atoms with Crippen molar-refractivity contribution in [3.8, 4) is 5.75 Å². The first-order valence-electron chi connectivity index (χ1n) is 11.5. The number of aryl methyl sites for hydroxylation is 1. The van der Waals surface area contributed by atoms with E-state index in [0.29, 0.717) is 22.9 Å². The fraction of sp³-hybridized carbons (Fsp3) is 0.385. The van der Waals surface area contributed by atoms with Crippen molar-refractivity contribution in [1.82, 2.24) is 9.97 Å². The number of hydrogen-bond acceptors (Lipinski definition) is 6. The number of anilines is 4. The lowest BCUT2D eigenvalue weighted by molar-refractivity contribution is 0.415. The lowest BCUT2D eigenvalue weighted by Gasteiger charge is -2.46. The normalized spacial score (nSPS) is 18.3. The van der Waals surface area contributed by atoms with E-state index in [4.69, 9.17) is 26.3 Å². The average Bonchev–Trinajstić information content (AvgIpc) is 2.79. The van der Waals surface area contributed by atoms with Crippen molar-refractivity contribution in [2.24, 2.45) is 0 Å². The minimum atomic E-state index is 0.359. The van der Waals surface area contributed by atoms with Crippen molar-refractivity contribution < 1.29 is 4.74 Å². The first kappa shape index (κ1) is 23.2. The molecule has 2 unspecified atom stereocenters. The first-order valence-corrected chi connectivity index (χ1v) is 11.9. The summed E-state index contributed by atoms with van der Waals surface area (Å²) in [7, 11) is 1.61. The number of hydrogen-bond donors (Lipinski definition) is 1. The Hall–Kier alpha value is -2.99. The molecule has 1 N–H and O–H groups in total. The number of piperazine rings is 1. The van der Waals surface area contributed by atoms with Gasteiger partial charge in [-0.05, 0) is 50.6 Å². The number of ether oxygens (including phenoxy) is 1. The summed E-state index contributed by atoms with van der Waals surface area (Å²) in [5.41, 5.74) is 2.13. The highest BCUT2D eigenvalue weighted by Crippen LogP contribution is 2.31. The molecule has 0 amide bonds. The zero-order chi connectivity index (χ0) is 23.4. The number of halogens is 1. The van der Waals surface area contributed by atoms with Crippen LogP contribution in [0, 0.1) is 0 Å². The number of nitrogens with zero attached hydrogens (tertiary/aromatic N) is 4. The molecule has 174 valence electrons. The van der Waals surface area contributed by atoms with Gasteiger partial charge in [-0.3, -0.25) is 0 Å². The monoisotopic (exact) mass is 465 g/mol. The molecule has 0 radical (unpaired) electrons. The summed E-state index contributed by atoms with van der Waals surface area (Å²) in [5.74, 6) is 3.23. The summed E-state index contributed by atoms with van der Waals surface area (Å²) < 4.78 is 5.26. The maximum Gasteiger partial charge on any atom is 0.137 e. The summed E-state index contributed by atoms with van der Waals surface area (Å²) in [6, 6.07) is 19.0.